The predicted octanol–water partition coefficient (Wildman–Crippen LogP) is 0.900. The van der Waals surface area contributed by atoms with E-state index in [1.165, 1.54) is 4.31 Å². The molecule has 0 aromatic carbocycles. The van der Waals surface area contributed by atoms with Gasteiger partial charge in [0.2, 0.25) is 0 Å². The summed E-state index contributed by atoms with van der Waals surface area (Å²) in [4.78, 5) is 0. The van der Waals surface area contributed by atoms with Crippen molar-refractivity contribution in [2.45, 2.75) is 12.8 Å². The topological polar surface area (TPSA) is 40.6 Å². The molecule has 84 valence electrons. The second-order valence-electron chi connectivity index (χ2n) is 3.78. The summed E-state index contributed by atoms with van der Waals surface area (Å²) in [6.45, 7) is 1.34. The third-order valence-electron chi connectivity index (χ3n) is 2.55. The molecule has 1 unspecified atom stereocenters. The number of nitrogens with zero attached hydrogens (tertiary/aromatic N) is 2. The van der Waals surface area contributed by atoms with Crippen LogP contribution < -0.4 is 0 Å². The Hall–Kier alpha value is 0.350. The summed E-state index contributed by atoms with van der Waals surface area (Å²) in [6.07, 6.45) is 2.04. The van der Waals surface area contributed by atoms with Gasteiger partial charge in [0.05, 0.1) is 0 Å². The van der Waals surface area contributed by atoms with Crippen LogP contribution in [-0.2, 0) is 10.2 Å². The summed E-state index contributed by atoms with van der Waals surface area (Å²) in [5.41, 5.74) is 0. The highest BCUT2D eigenvalue weighted by Gasteiger charge is 2.32. The average Bonchev–Trinajstić information content (AvgIpc) is 2.53. The maximum absolute atomic E-state index is 11.7. The molecule has 0 amide bonds. The fraction of sp³-hybridized carbons (Fsp3) is 1.00. The van der Waals surface area contributed by atoms with Gasteiger partial charge in [-0.15, -0.1) is 0 Å². The van der Waals surface area contributed by atoms with Crippen molar-refractivity contribution in [2.24, 2.45) is 5.92 Å². The van der Waals surface area contributed by atoms with E-state index in [9.17, 15) is 8.42 Å². The molecule has 1 atom stereocenters. The van der Waals surface area contributed by atoms with Crippen molar-refractivity contribution < 1.29 is 8.42 Å². The van der Waals surface area contributed by atoms with Gasteiger partial charge in [0.25, 0.3) is 10.2 Å². The van der Waals surface area contributed by atoms with Gasteiger partial charge in [0.15, 0.2) is 0 Å². The molecule has 1 rings (SSSR count). The van der Waals surface area contributed by atoms with Gasteiger partial charge in [-0.1, -0.05) is 15.9 Å². The number of halogens is 1. The Morgan fingerprint density at radius 3 is 2.64 bits per heavy atom. The largest absolute Gasteiger partial charge is 0.281 e. The number of hydrogen-bond donors (Lipinski definition) is 0. The van der Waals surface area contributed by atoms with Crippen LogP contribution in [0.3, 0.4) is 0 Å². The predicted molar refractivity (Wildman–Crippen MR) is 60.7 cm³/mol. The first kappa shape index (κ1) is 12.4. The van der Waals surface area contributed by atoms with Gasteiger partial charge in [-0.25, -0.2) is 0 Å². The number of hydrogen-bond acceptors (Lipinski definition) is 2. The summed E-state index contributed by atoms with van der Waals surface area (Å²) in [5.74, 6) is 0.518. The maximum Gasteiger partial charge on any atom is 0.281 e. The highest BCUT2D eigenvalue weighted by molar-refractivity contribution is 9.09. The first-order valence-corrected chi connectivity index (χ1v) is 7.24. The average molecular weight is 285 g/mol. The minimum atomic E-state index is -3.18. The van der Waals surface area contributed by atoms with E-state index >= 15 is 0 Å². The number of alkyl halides is 1. The molecule has 0 radical (unpaired) electrons. The molecule has 6 heteroatoms. The fourth-order valence-corrected chi connectivity index (χ4v) is 3.47. The van der Waals surface area contributed by atoms with Gasteiger partial charge >= 0.3 is 0 Å². The molecule has 0 N–H and O–H groups in total. The molecule has 4 nitrogen and oxygen atoms in total. The molecule has 1 aliphatic rings. The zero-order chi connectivity index (χ0) is 10.8. The summed E-state index contributed by atoms with van der Waals surface area (Å²) in [7, 11) is -0.0234. The number of rotatable bonds is 4. The van der Waals surface area contributed by atoms with E-state index in [-0.39, 0.29) is 0 Å². The summed E-state index contributed by atoms with van der Waals surface area (Å²) in [6, 6.07) is 0. The lowest BCUT2D eigenvalue weighted by molar-refractivity contribution is 0.409. The van der Waals surface area contributed by atoms with Gasteiger partial charge in [-0.05, 0) is 18.8 Å². The van der Waals surface area contributed by atoms with Gasteiger partial charge in [0.1, 0.15) is 0 Å². The van der Waals surface area contributed by atoms with Crippen molar-refractivity contribution >= 4 is 26.1 Å². The van der Waals surface area contributed by atoms with Crippen molar-refractivity contribution in [1.29, 1.82) is 0 Å². The van der Waals surface area contributed by atoms with Crippen LogP contribution >= 0.6 is 15.9 Å². The van der Waals surface area contributed by atoms with E-state index in [1.807, 2.05) is 0 Å². The van der Waals surface area contributed by atoms with Crippen LogP contribution in [0.25, 0.3) is 0 Å². The monoisotopic (exact) mass is 284 g/mol. The highest BCUT2D eigenvalue weighted by Crippen LogP contribution is 2.23. The molecule has 0 saturated carbocycles. The minimum absolute atomic E-state index is 0.518. The highest BCUT2D eigenvalue weighted by atomic mass is 79.9. The Balaban J connectivity index is 2.58. The van der Waals surface area contributed by atoms with Crippen LogP contribution in [-0.4, -0.2) is 49.5 Å². The van der Waals surface area contributed by atoms with Gasteiger partial charge in [0, 0.05) is 32.5 Å². The molecule has 1 saturated heterocycles. The molecule has 1 fully saturated rings. The van der Waals surface area contributed by atoms with E-state index in [2.05, 4.69) is 15.9 Å². The van der Waals surface area contributed by atoms with Crippen molar-refractivity contribution in [3.63, 3.8) is 0 Å². The van der Waals surface area contributed by atoms with Crippen LogP contribution in [0.4, 0.5) is 0 Å². The first-order valence-electron chi connectivity index (χ1n) is 4.72. The van der Waals surface area contributed by atoms with Crippen molar-refractivity contribution in [2.75, 3.05) is 32.5 Å². The van der Waals surface area contributed by atoms with Crippen molar-refractivity contribution in [3.05, 3.63) is 0 Å². The van der Waals surface area contributed by atoms with E-state index in [4.69, 9.17) is 0 Å². The second kappa shape index (κ2) is 4.92. The van der Waals surface area contributed by atoms with Crippen LogP contribution in [0.2, 0.25) is 0 Å². The zero-order valence-electron chi connectivity index (χ0n) is 8.61. The van der Waals surface area contributed by atoms with Crippen molar-refractivity contribution in [1.82, 2.24) is 8.61 Å². The van der Waals surface area contributed by atoms with Crippen LogP contribution in [0.1, 0.15) is 12.8 Å². The Bertz CT molecular complexity index is 279. The SMILES string of the molecule is CN(C)S(=O)(=O)N1CCC(CCBr)C1. The molecule has 0 spiro atoms. The van der Waals surface area contributed by atoms with Gasteiger partial charge < -0.3 is 0 Å². The molecule has 0 bridgehead atoms. The van der Waals surface area contributed by atoms with Crippen LogP contribution in [0, 0.1) is 5.92 Å². The van der Waals surface area contributed by atoms with E-state index in [1.54, 1.807) is 18.4 Å². The molecular weight excluding hydrogens is 268 g/mol. The quantitative estimate of drug-likeness (QED) is 0.720. The lowest BCUT2D eigenvalue weighted by atomic mass is 10.1. The third kappa shape index (κ3) is 2.68. The zero-order valence-corrected chi connectivity index (χ0v) is 11.0. The molecule has 0 aromatic heterocycles. The van der Waals surface area contributed by atoms with E-state index in [0.717, 1.165) is 18.2 Å². The minimum Gasteiger partial charge on any atom is -0.195 e. The van der Waals surface area contributed by atoms with E-state index < -0.39 is 10.2 Å². The Morgan fingerprint density at radius 2 is 2.14 bits per heavy atom. The second-order valence-corrected chi connectivity index (χ2v) is 6.72. The van der Waals surface area contributed by atoms with Gasteiger partial charge in [-0.2, -0.15) is 17.0 Å². The summed E-state index contributed by atoms with van der Waals surface area (Å²) in [5, 5.41) is 0.952. The first-order chi connectivity index (χ1) is 6.48. The smallest absolute Gasteiger partial charge is 0.195 e. The molecule has 1 aliphatic heterocycles. The lowest BCUT2D eigenvalue weighted by Gasteiger charge is -2.20. The summed E-state index contributed by atoms with van der Waals surface area (Å²) < 4.78 is 26.3. The van der Waals surface area contributed by atoms with Crippen molar-refractivity contribution in [3.8, 4) is 0 Å². The Morgan fingerprint density at radius 1 is 1.50 bits per heavy atom. The Labute approximate surface area is 94.6 Å². The van der Waals surface area contributed by atoms with Crippen LogP contribution in [0.5, 0.6) is 0 Å². The van der Waals surface area contributed by atoms with Crippen LogP contribution in [0.15, 0.2) is 0 Å². The summed E-state index contributed by atoms with van der Waals surface area (Å²) >= 11 is 3.38. The standard InChI is InChI=1S/C8H17BrN2O2S/c1-10(2)14(12,13)11-6-4-8(7-11)3-5-9/h8H,3-7H2,1-2H3. The molecule has 1 heterocycles. The fourth-order valence-electron chi connectivity index (χ4n) is 1.63. The lowest BCUT2D eigenvalue weighted by Crippen LogP contribution is -2.38. The van der Waals surface area contributed by atoms with E-state index in [0.29, 0.717) is 19.0 Å². The molecule has 0 aliphatic carbocycles. The molecule has 0 aromatic rings. The molecular formula is C8H17BrN2O2S. The molecule has 14 heavy (non-hydrogen) atoms. The van der Waals surface area contributed by atoms with Gasteiger partial charge in [-0.3, -0.25) is 0 Å². The Kier molecular flexibility index (Phi) is 4.36. The normalized spacial score (nSPS) is 24.7. The maximum atomic E-state index is 11.7. The third-order valence-corrected chi connectivity index (χ3v) is 4.92.